The maximum atomic E-state index is 2.40. The molecule has 0 heterocycles. The third-order valence-corrected chi connectivity index (χ3v) is 3.51. The van der Waals surface area contributed by atoms with E-state index in [1.807, 2.05) is 0 Å². The van der Waals surface area contributed by atoms with E-state index in [1.54, 1.807) is 0 Å². The van der Waals surface area contributed by atoms with Gasteiger partial charge in [-0.2, -0.15) is 0 Å². The molecule has 90 valence electrons. The Morgan fingerprint density at radius 1 is 0.938 bits per heavy atom. The monoisotopic (exact) mass is 218 g/mol. The lowest BCUT2D eigenvalue weighted by molar-refractivity contribution is 0.439. The van der Waals surface area contributed by atoms with E-state index < -0.39 is 0 Å². The summed E-state index contributed by atoms with van der Waals surface area (Å²) in [4.78, 5) is 0. The van der Waals surface area contributed by atoms with E-state index >= 15 is 0 Å². The minimum atomic E-state index is 0.713. The number of benzene rings is 1. The molecule has 1 aromatic rings. The van der Waals surface area contributed by atoms with Crippen LogP contribution in [0.4, 0.5) is 0 Å². The predicted octanol–water partition coefficient (Wildman–Crippen LogP) is 5.40. The summed E-state index contributed by atoms with van der Waals surface area (Å²) in [5.41, 5.74) is 1.49. The minimum absolute atomic E-state index is 0.713. The first-order chi connectivity index (χ1) is 7.74. The van der Waals surface area contributed by atoms with Crippen LogP contribution < -0.4 is 0 Å². The highest BCUT2D eigenvalue weighted by atomic mass is 14.1. The standard InChI is InChI=1S/C16H26/c1-4-5-9-14(2)12-13-15(3)16-10-7-6-8-11-16/h6-8,10-11,14-15H,4-5,9,12-13H2,1-3H3. The molecule has 0 aliphatic rings. The van der Waals surface area contributed by atoms with Gasteiger partial charge in [0.25, 0.3) is 0 Å². The van der Waals surface area contributed by atoms with Gasteiger partial charge in [-0.3, -0.25) is 0 Å². The second-order valence-electron chi connectivity index (χ2n) is 5.14. The van der Waals surface area contributed by atoms with Gasteiger partial charge in [-0.05, 0) is 23.8 Å². The van der Waals surface area contributed by atoms with Crippen molar-refractivity contribution in [3.63, 3.8) is 0 Å². The molecule has 0 aliphatic carbocycles. The molecule has 1 rings (SSSR count). The van der Waals surface area contributed by atoms with Gasteiger partial charge in [-0.1, -0.05) is 76.8 Å². The van der Waals surface area contributed by atoms with E-state index in [9.17, 15) is 0 Å². The lowest BCUT2D eigenvalue weighted by Crippen LogP contribution is -1.99. The molecule has 0 radical (unpaired) electrons. The van der Waals surface area contributed by atoms with Crippen LogP contribution in [0, 0.1) is 5.92 Å². The van der Waals surface area contributed by atoms with Gasteiger partial charge in [0.05, 0.1) is 0 Å². The van der Waals surface area contributed by atoms with Crippen molar-refractivity contribution in [2.45, 2.75) is 58.8 Å². The summed E-state index contributed by atoms with van der Waals surface area (Å²) >= 11 is 0. The van der Waals surface area contributed by atoms with Gasteiger partial charge >= 0.3 is 0 Å². The minimum Gasteiger partial charge on any atom is -0.0654 e. The highest BCUT2D eigenvalue weighted by Gasteiger charge is 2.07. The zero-order chi connectivity index (χ0) is 11.8. The third kappa shape index (κ3) is 4.83. The van der Waals surface area contributed by atoms with Crippen LogP contribution in [0.5, 0.6) is 0 Å². The summed E-state index contributed by atoms with van der Waals surface area (Å²) < 4.78 is 0. The van der Waals surface area contributed by atoms with E-state index in [0.717, 1.165) is 5.92 Å². The van der Waals surface area contributed by atoms with Crippen LogP contribution in [0.3, 0.4) is 0 Å². The molecule has 0 amide bonds. The first-order valence-corrected chi connectivity index (χ1v) is 6.79. The largest absolute Gasteiger partial charge is 0.0654 e. The normalized spacial score (nSPS) is 14.7. The van der Waals surface area contributed by atoms with Crippen LogP contribution >= 0.6 is 0 Å². The Morgan fingerprint density at radius 2 is 1.62 bits per heavy atom. The Labute approximate surface area is 101 Å². The van der Waals surface area contributed by atoms with Crippen molar-refractivity contribution in [2.24, 2.45) is 5.92 Å². The fraction of sp³-hybridized carbons (Fsp3) is 0.625. The van der Waals surface area contributed by atoms with Crippen molar-refractivity contribution in [3.8, 4) is 0 Å². The summed E-state index contributed by atoms with van der Waals surface area (Å²) in [6.07, 6.45) is 6.82. The van der Waals surface area contributed by atoms with Gasteiger partial charge in [0.15, 0.2) is 0 Å². The molecule has 0 spiro atoms. The molecule has 1 aromatic carbocycles. The molecular formula is C16H26. The van der Waals surface area contributed by atoms with Crippen LogP contribution in [0.15, 0.2) is 30.3 Å². The van der Waals surface area contributed by atoms with Gasteiger partial charge < -0.3 is 0 Å². The zero-order valence-electron chi connectivity index (χ0n) is 11.1. The Bertz CT molecular complexity index is 263. The first-order valence-electron chi connectivity index (χ1n) is 6.79. The maximum absolute atomic E-state index is 2.40. The quantitative estimate of drug-likeness (QED) is 0.575. The van der Waals surface area contributed by atoms with Gasteiger partial charge in [0, 0.05) is 0 Å². The number of hydrogen-bond acceptors (Lipinski definition) is 0. The second-order valence-corrected chi connectivity index (χ2v) is 5.14. The van der Waals surface area contributed by atoms with Crippen molar-refractivity contribution >= 4 is 0 Å². The van der Waals surface area contributed by atoms with Gasteiger partial charge in [-0.15, -0.1) is 0 Å². The van der Waals surface area contributed by atoms with Crippen LogP contribution in [0.25, 0.3) is 0 Å². The van der Waals surface area contributed by atoms with Gasteiger partial charge in [0.1, 0.15) is 0 Å². The highest BCUT2D eigenvalue weighted by molar-refractivity contribution is 5.18. The molecule has 2 unspecified atom stereocenters. The number of unbranched alkanes of at least 4 members (excludes halogenated alkanes) is 1. The second kappa shape index (κ2) is 7.49. The lowest BCUT2D eigenvalue weighted by atomic mass is 9.90. The molecule has 0 nitrogen and oxygen atoms in total. The van der Waals surface area contributed by atoms with Crippen LogP contribution in [0.1, 0.15) is 64.4 Å². The lowest BCUT2D eigenvalue weighted by Gasteiger charge is -2.15. The topological polar surface area (TPSA) is 0 Å². The van der Waals surface area contributed by atoms with Gasteiger partial charge in [-0.25, -0.2) is 0 Å². The van der Waals surface area contributed by atoms with Crippen molar-refractivity contribution in [2.75, 3.05) is 0 Å². The molecule has 16 heavy (non-hydrogen) atoms. The van der Waals surface area contributed by atoms with E-state index in [-0.39, 0.29) is 0 Å². The van der Waals surface area contributed by atoms with Crippen molar-refractivity contribution in [3.05, 3.63) is 35.9 Å². The molecule has 0 aliphatic heterocycles. The van der Waals surface area contributed by atoms with Crippen LogP contribution in [-0.4, -0.2) is 0 Å². The zero-order valence-corrected chi connectivity index (χ0v) is 11.1. The predicted molar refractivity (Wildman–Crippen MR) is 72.8 cm³/mol. The summed E-state index contributed by atoms with van der Waals surface area (Å²) in [6, 6.07) is 10.9. The SMILES string of the molecule is CCCCC(C)CCC(C)c1ccccc1. The molecular weight excluding hydrogens is 192 g/mol. The first kappa shape index (κ1) is 13.3. The number of hydrogen-bond donors (Lipinski definition) is 0. The smallest absolute Gasteiger partial charge is 0.0190 e. The fourth-order valence-electron chi connectivity index (χ4n) is 2.18. The Balaban J connectivity index is 2.27. The molecule has 0 heteroatoms. The highest BCUT2D eigenvalue weighted by Crippen LogP contribution is 2.24. The number of rotatable bonds is 7. The van der Waals surface area contributed by atoms with Crippen LogP contribution in [-0.2, 0) is 0 Å². The Morgan fingerprint density at radius 3 is 2.25 bits per heavy atom. The third-order valence-electron chi connectivity index (χ3n) is 3.51. The van der Waals surface area contributed by atoms with Gasteiger partial charge in [0.2, 0.25) is 0 Å². The molecule has 0 saturated carbocycles. The summed E-state index contributed by atoms with van der Waals surface area (Å²) in [5.74, 6) is 1.61. The molecule has 2 atom stereocenters. The maximum Gasteiger partial charge on any atom is -0.0190 e. The summed E-state index contributed by atoms with van der Waals surface area (Å²) in [6.45, 7) is 7.02. The van der Waals surface area contributed by atoms with E-state index in [0.29, 0.717) is 5.92 Å². The molecule has 0 aromatic heterocycles. The molecule has 0 fully saturated rings. The van der Waals surface area contributed by atoms with Crippen LogP contribution in [0.2, 0.25) is 0 Å². The summed E-state index contributed by atoms with van der Waals surface area (Å²) in [7, 11) is 0. The Kier molecular flexibility index (Phi) is 6.22. The summed E-state index contributed by atoms with van der Waals surface area (Å²) in [5, 5.41) is 0. The average Bonchev–Trinajstić information content (AvgIpc) is 2.34. The Hall–Kier alpha value is -0.780. The average molecular weight is 218 g/mol. The van der Waals surface area contributed by atoms with Crippen molar-refractivity contribution in [1.29, 1.82) is 0 Å². The van der Waals surface area contributed by atoms with Crippen molar-refractivity contribution < 1.29 is 0 Å². The fourth-order valence-corrected chi connectivity index (χ4v) is 2.18. The van der Waals surface area contributed by atoms with Crippen molar-refractivity contribution in [1.82, 2.24) is 0 Å². The van der Waals surface area contributed by atoms with E-state index in [2.05, 4.69) is 51.1 Å². The molecule has 0 bridgehead atoms. The molecule has 0 saturated heterocycles. The van der Waals surface area contributed by atoms with E-state index in [1.165, 1.54) is 37.7 Å². The molecule has 0 N–H and O–H groups in total. The van der Waals surface area contributed by atoms with E-state index in [4.69, 9.17) is 0 Å².